The van der Waals surface area contributed by atoms with Gasteiger partial charge in [0.25, 0.3) is 5.91 Å². The van der Waals surface area contributed by atoms with Gasteiger partial charge in [0.2, 0.25) is 29.5 Å². The van der Waals surface area contributed by atoms with Gasteiger partial charge < -0.3 is 47.7 Å². The summed E-state index contributed by atoms with van der Waals surface area (Å²) >= 11 is 0. The number of amides is 6. The van der Waals surface area contributed by atoms with Crippen molar-refractivity contribution >= 4 is 52.0 Å². The van der Waals surface area contributed by atoms with Crippen molar-refractivity contribution in [3.8, 4) is 5.75 Å². The van der Waals surface area contributed by atoms with E-state index in [0.29, 0.717) is 11.1 Å². The third-order valence-electron chi connectivity index (χ3n) is 9.40. The molecule has 1 aromatic heterocycles. The number of aromatic amines is 1. The Morgan fingerprint density at radius 2 is 1.21 bits per heavy atom. The minimum atomic E-state index is -1.45. The molecule has 1 fully saturated rings. The summed E-state index contributed by atoms with van der Waals surface area (Å²) in [5, 5.41) is 26.7. The van der Waals surface area contributed by atoms with Gasteiger partial charge in [0.15, 0.2) is 0 Å². The first kappa shape index (κ1) is 38.6. The van der Waals surface area contributed by atoms with Crippen molar-refractivity contribution in [2.45, 2.75) is 43.4 Å². The first-order valence-corrected chi connectivity index (χ1v) is 18.0. The molecule has 4 atom stereocenters. The Bertz CT molecular complexity index is 2220. The molecule has 15 nitrogen and oxygen atoms in total. The Balaban J connectivity index is 1.34. The van der Waals surface area contributed by atoms with Crippen molar-refractivity contribution in [3.63, 3.8) is 0 Å². The smallest absolute Gasteiger partial charge is 0.253 e. The second-order valence-electron chi connectivity index (χ2n) is 13.4. The number of hydrogen-bond acceptors (Lipinski definition) is 8. The van der Waals surface area contributed by atoms with Crippen LogP contribution < -0.4 is 37.6 Å². The van der Waals surface area contributed by atoms with Crippen LogP contribution in [0.15, 0.2) is 109 Å². The van der Waals surface area contributed by atoms with Crippen molar-refractivity contribution in [1.82, 2.24) is 36.9 Å². The monoisotopic (exact) mass is 758 g/mol. The fourth-order valence-corrected chi connectivity index (χ4v) is 6.42. The molecule has 6 rings (SSSR count). The van der Waals surface area contributed by atoms with Crippen LogP contribution in [-0.4, -0.2) is 82.8 Å². The van der Waals surface area contributed by atoms with Crippen LogP contribution in [0.5, 0.6) is 5.75 Å². The molecule has 10 N–H and O–H groups in total. The summed E-state index contributed by atoms with van der Waals surface area (Å²) in [4.78, 5) is 85.8. The number of carbonyl (C=O) groups is 6. The van der Waals surface area contributed by atoms with Gasteiger partial charge in [-0.15, -0.1) is 0 Å². The number of anilines is 1. The molecular weight excluding hydrogens is 716 g/mol. The number of para-hydroxylation sites is 2. The van der Waals surface area contributed by atoms with Crippen LogP contribution in [0.2, 0.25) is 0 Å². The van der Waals surface area contributed by atoms with E-state index in [0.717, 1.165) is 16.5 Å². The molecule has 2 heterocycles. The number of benzene rings is 4. The van der Waals surface area contributed by atoms with Crippen molar-refractivity contribution in [2.24, 2.45) is 0 Å². The van der Waals surface area contributed by atoms with E-state index < -0.39 is 72.7 Å². The topological polar surface area (TPSA) is 237 Å². The number of nitrogens with one attached hydrogen (secondary N) is 7. The molecule has 0 unspecified atom stereocenters. The number of carbonyl (C=O) groups excluding carboxylic acids is 6. The Morgan fingerprint density at radius 1 is 0.643 bits per heavy atom. The van der Waals surface area contributed by atoms with Crippen LogP contribution in [0, 0.1) is 0 Å². The zero-order valence-corrected chi connectivity index (χ0v) is 30.2. The summed E-state index contributed by atoms with van der Waals surface area (Å²) in [6.45, 7) is -0.947. The summed E-state index contributed by atoms with van der Waals surface area (Å²) in [5.74, 6) is -4.32. The summed E-state index contributed by atoms with van der Waals surface area (Å²) in [6.07, 6.45) is 1.70. The molecule has 1 saturated heterocycles. The average Bonchev–Trinajstić information content (AvgIpc) is 3.61. The minimum Gasteiger partial charge on any atom is -0.508 e. The lowest BCUT2D eigenvalue weighted by atomic mass is 10.0. The molecule has 0 radical (unpaired) electrons. The maximum atomic E-state index is 14.2. The normalized spacial score (nSPS) is 19.7. The van der Waals surface area contributed by atoms with Crippen LogP contribution in [0.3, 0.4) is 0 Å². The van der Waals surface area contributed by atoms with Gasteiger partial charge in [0, 0.05) is 48.6 Å². The van der Waals surface area contributed by atoms with Gasteiger partial charge in [0.05, 0.1) is 12.1 Å². The number of aromatic hydroxyl groups is 1. The molecule has 5 aromatic rings. The van der Waals surface area contributed by atoms with E-state index in [1.54, 1.807) is 66.9 Å². The number of fused-ring (bicyclic) bond motifs is 1. The molecule has 0 bridgehead atoms. The standard InChI is InChI=1S/C41H42N8O7/c42-30-12-6-4-11-29(30)37(52)44-22-35-41(56)47-32(18-24-8-2-1-3-9-24)38(53)45-23-36(51)46-34(20-26-21-43-31-13-7-5-10-28(26)31)40(55)48-33(39(54)49-35)19-25-14-16-27(50)17-15-25/h1-17,21,32-35,43,50H,18-20,22-23,42H2,(H,44,52)(H,45,53)(H,46,51)(H,47,56)(H,48,55)(H,49,54)/t32-,33-,34-,35-/m0/s1. The summed E-state index contributed by atoms with van der Waals surface area (Å²) in [7, 11) is 0. The maximum absolute atomic E-state index is 14.2. The number of aromatic nitrogens is 1. The van der Waals surface area contributed by atoms with E-state index in [1.807, 2.05) is 24.3 Å². The summed E-state index contributed by atoms with van der Waals surface area (Å²) in [5.41, 5.74) is 9.14. The minimum absolute atomic E-state index is 0.00874. The number of hydrogen-bond donors (Lipinski definition) is 9. The number of nitrogens with two attached hydrogens (primary N) is 1. The highest BCUT2D eigenvalue weighted by Gasteiger charge is 2.33. The molecule has 0 aliphatic carbocycles. The highest BCUT2D eigenvalue weighted by molar-refractivity contribution is 6.00. The van der Waals surface area contributed by atoms with Crippen molar-refractivity contribution in [3.05, 3.63) is 132 Å². The number of phenols is 1. The van der Waals surface area contributed by atoms with E-state index in [1.165, 1.54) is 18.2 Å². The molecule has 15 heteroatoms. The number of H-pyrrole nitrogens is 1. The van der Waals surface area contributed by atoms with Crippen molar-refractivity contribution in [1.29, 1.82) is 0 Å². The Labute approximate surface area is 321 Å². The Hall–Kier alpha value is -7.16. The first-order chi connectivity index (χ1) is 27.0. The SMILES string of the molecule is Nc1ccccc1C(=O)NC[C@@H]1NC(=O)[C@H](Cc2ccc(O)cc2)NC(=O)[C@H](Cc2c[nH]c3ccccc23)NC(=O)CNC(=O)[C@H](Cc2ccccc2)NC1=O. The highest BCUT2D eigenvalue weighted by Crippen LogP contribution is 2.20. The molecule has 288 valence electrons. The van der Waals surface area contributed by atoms with Gasteiger partial charge in [-0.1, -0.05) is 72.8 Å². The van der Waals surface area contributed by atoms with Gasteiger partial charge in [0.1, 0.15) is 29.9 Å². The molecule has 56 heavy (non-hydrogen) atoms. The Kier molecular flexibility index (Phi) is 12.2. The zero-order valence-electron chi connectivity index (χ0n) is 30.2. The van der Waals surface area contributed by atoms with Crippen molar-refractivity contribution in [2.75, 3.05) is 18.8 Å². The third kappa shape index (κ3) is 9.87. The lowest BCUT2D eigenvalue weighted by Gasteiger charge is -2.26. The summed E-state index contributed by atoms with van der Waals surface area (Å²) < 4.78 is 0. The molecule has 1 aliphatic rings. The van der Waals surface area contributed by atoms with Crippen LogP contribution in [-0.2, 0) is 43.2 Å². The van der Waals surface area contributed by atoms with E-state index in [-0.39, 0.29) is 36.3 Å². The molecule has 6 amide bonds. The number of rotatable bonds is 9. The lowest BCUT2D eigenvalue weighted by molar-refractivity contribution is -0.133. The molecule has 0 saturated carbocycles. The largest absolute Gasteiger partial charge is 0.508 e. The maximum Gasteiger partial charge on any atom is 0.253 e. The average molecular weight is 759 g/mol. The van der Waals surface area contributed by atoms with Crippen LogP contribution in [0.1, 0.15) is 27.0 Å². The van der Waals surface area contributed by atoms with E-state index in [4.69, 9.17) is 5.73 Å². The van der Waals surface area contributed by atoms with Crippen LogP contribution in [0.25, 0.3) is 10.9 Å². The van der Waals surface area contributed by atoms with Gasteiger partial charge >= 0.3 is 0 Å². The molecule has 0 spiro atoms. The quantitative estimate of drug-likeness (QED) is 0.0981. The first-order valence-electron chi connectivity index (χ1n) is 18.0. The molecule has 4 aromatic carbocycles. The van der Waals surface area contributed by atoms with Gasteiger partial charge in [-0.25, -0.2) is 0 Å². The second-order valence-corrected chi connectivity index (χ2v) is 13.4. The summed E-state index contributed by atoms with van der Waals surface area (Å²) in [6, 6.07) is 23.5. The molecule has 1 aliphatic heterocycles. The number of phenolic OH excluding ortho intramolecular Hbond substituents is 1. The van der Waals surface area contributed by atoms with E-state index in [9.17, 15) is 33.9 Å². The van der Waals surface area contributed by atoms with Gasteiger partial charge in [-0.05, 0) is 47.0 Å². The zero-order chi connectivity index (χ0) is 39.6. The van der Waals surface area contributed by atoms with Crippen LogP contribution >= 0.6 is 0 Å². The Morgan fingerprint density at radius 3 is 1.93 bits per heavy atom. The van der Waals surface area contributed by atoms with Crippen molar-refractivity contribution < 1.29 is 33.9 Å². The third-order valence-corrected chi connectivity index (χ3v) is 9.40. The van der Waals surface area contributed by atoms with E-state index >= 15 is 0 Å². The predicted molar refractivity (Wildman–Crippen MR) is 208 cm³/mol. The lowest BCUT2D eigenvalue weighted by Crippen LogP contribution is -2.60. The highest BCUT2D eigenvalue weighted by atomic mass is 16.3. The van der Waals surface area contributed by atoms with E-state index in [2.05, 4.69) is 36.9 Å². The predicted octanol–water partition coefficient (Wildman–Crippen LogP) is 0.983. The van der Waals surface area contributed by atoms with Crippen LogP contribution in [0.4, 0.5) is 5.69 Å². The molecular formula is C41H42N8O7. The fraction of sp³-hybridized carbons (Fsp3) is 0.220. The van der Waals surface area contributed by atoms with Gasteiger partial charge in [-0.2, -0.15) is 0 Å². The van der Waals surface area contributed by atoms with Gasteiger partial charge in [-0.3, -0.25) is 28.8 Å². The fourth-order valence-electron chi connectivity index (χ4n) is 6.42. The number of nitrogen functional groups attached to an aromatic ring is 1. The second kappa shape index (κ2) is 17.8.